The van der Waals surface area contributed by atoms with Gasteiger partial charge in [0, 0.05) is 51.5 Å². The Kier molecular flexibility index (Phi) is 12.2. The van der Waals surface area contributed by atoms with E-state index in [9.17, 15) is 18.0 Å². The third-order valence-electron chi connectivity index (χ3n) is 6.78. The maximum Gasteiger partial charge on any atom is 0.471 e. The quantitative estimate of drug-likeness (QED) is 0.231. The van der Waals surface area contributed by atoms with Crippen molar-refractivity contribution in [1.82, 2.24) is 34.2 Å². The maximum atomic E-state index is 13.4. The average Bonchev–Trinajstić information content (AvgIpc) is 3.57. The van der Waals surface area contributed by atoms with Crippen LogP contribution >= 0.6 is 0 Å². The topological polar surface area (TPSA) is 73.3 Å². The van der Waals surface area contributed by atoms with Crippen LogP contribution in [-0.4, -0.2) is 72.5 Å². The second-order valence-corrected chi connectivity index (χ2v) is 10.2. The highest BCUT2D eigenvalue weighted by atomic mass is 19.4. The third kappa shape index (κ3) is 10.1. The van der Waals surface area contributed by atoms with Crippen molar-refractivity contribution in [1.29, 1.82) is 0 Å². The summed E-state index contributed by atoms with van der Waals surface area (Å²) in [7, 11) is 1.95. The summed E-state index contributed by atoms with van der Waals surface area (Å²) in [5.41, 5.74) is 1.67. The van der Waals surface area contributed by atoms with Crippen LogP contribution in [-0.2, 0) is 38.0 Å². The molecule has 0 aliphatic carbocycles. The largest absolute Gasteiger partial charge is 0.471 e. The number of unbranched alkanes of at least 4 members (excludes halogenated alkanes) is 1. The van der Waals surface area contributed by atoms with E-state index in [0.717, 1.165) is 61.0 Å². The van der Waals surface area contributed by atoms with Crippen LogP contribution in [0.5, 0.6) is 0 Å². The number of imidazole rings is 2. The van der Waals surface area contributed by atoms with Crippen molar-refractivity contribution in [3.8, 4) is 0 Å². The summed E-state index contributed by atoms with van der Waals surface area (Å²) < 4.78 is 42.1. The monoisotopic (exact) mass is 561 g/mol. The molecule has 0 fully saturated rings. The van der Waals surface area contributed by atoms with Crippen molar-refractivity contribution in [2.24, 2.45) is 7.05 Å². The lowest BCUT2D eigenvalue weighted by molar-refractivity contribution is -0.186. The van der Waals surface area contributed by atoms with Gasteiger partial charge in [0.05, 0.1) is 13.1 Å². The molecule has 3 rings (SSSR count). The highest BCUT2D eigenvalue weighted by Gasteiger charge is 2.42. The van der Waals surface area contributed by atoms with Crippen LogP contribution in [0.4, 0.5) is 13.2 Å². The van der Waals surface area contributed by atoms with E-state index in [-0.39, 0.29) is 13.1 Å². The zero-order chi connectivity index (χ0) is 29.0. The van der Waals surface area contributed by atoms with Crippen LogP contribution < -0.4 is 0 Å². The number of rotatable bonds is 17. The first kappa shape index (κ1) is 31.3. The summed E-state index contributed by atoms with van der Waals surface area (Å²) in [5.74, 6) is -0.0353. The number of aromatic amines is 1. The molecule has 0 spiro atoms. The Morgan fingerprint density at radius 1 is 0.850 bits per heavy atom. The van der Waals surface area contributed by atoms with Gasteiger partial charge in [0.25, 0.3) is 0 Å². The highest BCUT2D eigenvalue weighted by molar-refractivity contribution is 5.81. The summed E-state index contributed by atoms with van der Waals surface area (Å²) in [5, 5.41) is 0. The summed E-state index contributed by atoms with van der Waals surface area (Å²) in [6.45, 7) is 8.82. The molecule has 2 aromatic heterocycles. The van der Waals surface area contributed by atoms with Gasteiger partial charge in [-0.3, -0.25) is 9.69 Å². The van der Waals surface area contributed by atoms with Gasteiger partial charge in [0.1, 0.15) is 11.6 Å². The van der Waals surface area contributed by atoms with Crippen LogP contribution in [0.3, 0.4) is 0 Å². The molecule has 1 N–H and O–H groups in total. The smallest absolute Gasteiger partial charge is 0.348 e. The number of carbonyl (C=O) groups excluding carboxylic acids is 1. The van der Waals surface area contributed by atoms with Crippen LogP contribution in [0.25, 0.3) is 0 Å². The van der Waals surface area contributed by atoms with Crippen molar-refractivity contribution < 1.29 is 18.0 Å². The second-order valence-electron chi connectivity index (χ2n) is 10.2. The van der Waals surface area contributed by atoms with E-state index < -0.39 is 12.1 Å². The van der Waals surface area contributed by atoms with Gasteiger partial charge < -0.3 is 19.4 Å². The van der Waals surface area contributed by atoms with Gasteiger partial charge in [0.15, 0.2) is 0 Å². The Morgan fingerprint density at radius 3 is 2.05 bits per heavy atom. The standard InChI is InChI=1S/C29H42F3N7O/c1-4-15-37(16-5-2)17-6-7-18-39(28(40)29(30,31)32)21-25-10-8-24(9-11-25)20-38(22-26-33-12-13-34-26)23-27-35-14-19-36(27)3/h8-14,19H,4-7,15-18,20-23H2,1-3H3,(H,33,34). The number of H-pyrrole nitrogens is 1. The minimum Gasteiger partial charge on any atom is -0.348 e. The number of nitrogens with one attached hydrogen (secondary N) is 1. The number of amides is 1. The van der Waals surface area contributed by atoms with E-state index in [2.05, 4.69) is 38.6 Å². The zero-order valence-corrected chi connectivity index (χ0v) is 23.8. The first-order valence-corrected chi connectivity index (χ1v) is 14.0. The average molecular weight is 562 g/mol. The summed E-state index contributed by atoms with van der Waals surface area (Å²) in [4.78, 5) is 29.6. The molecule has 0 atom stereocenters. The normalized spacial score (nSPS) is 12.0. The van der Waals surface area contributed by atoms with Crippen LogP contribution in [0, 0.1) is 0 Å². The number of aryl methyl sites for hydroxylation is 1. The van der Waals surface area contributed by atoms with Crippen molar-refractivity contribution in [2.45, 2.75) is 71.9 Å². The minimum absolute atomic E-state index is 0.0738. The molecule has 3 aromatic rings. The van der Waals surface area contributed by atoms with Crippen molar-refractivity contribution in [3.63, 3.8) is 0 Å². The molecular weight excluding hydrogens is 519 g/mol. The fraction of sp³-hybridized carbons (Fsp3) is 0.552. The summed E-state index contributed by atoms with van der Waals surface area (Å²) in [6, 6.07) is 7.43. The van der Waals surface area contributed by atoms with Gasteiger partial charge >= 0.3 is 12.1 Å². The molecule has 1 aromatic carbocycles. The van der Waals surface area contributed by atoms with Gasteiger partial charge in [0.2, 0.25) is 0 Å². The summed E-state index contributed by atoms with van der Waals surface area (Å²) >= 11 is 0. The van der Waals surface area contributed by atoms with Crippen molar-refractivity contribution >= 4 is 5.91 Å². The Balaban J connectivity index is 1.62. The van der Waals surface area contributed by atoms with E-state index in [1.807, 2.05) is 42.1 Å². The Morgan fingerprint density at radius 2 is 1.50 bits per heavy atom. The number of hydrogen-bond acceptors (Lipinski definition) is 5. The fourth-order valence-corrected chi connectivity index (χ4v) is 4.78. The van der Waals surface area contributed by atoms with E-state index in [1.165, 1.54) is 0 Å². The lowest BCUT2D eigenvalue weighted by atomic mass is 10.1. The number of carbonyl (C=O) groups is 1. The molecular formula is C29H42F3N7O. The number of alkyl halides is 3. The molecule has 40 heavy (non-hydrogen) atoms. The SMILES string of the molecule is CCCN(CCC)CCCCN(Cc1ccc(CN(Cc2ncc[nH]2)Cc2nccn2C)cc1)C(=O)C(F)(F)F. The number of halogens is 3. The van der Waals surface area contributed by atoms with E-state index in [0.29, 0.717) is 31.6 Å². The van der Waals surface area contributed by atoms with E-state index in [1.54, 1.807) is 18.6 Å². The predicted molar refractivity (Wildman–Crippen MR) is 149 cm³/mol. The molecule has 0 bridgehead atoms. The first-order valence-electron chi connectivity index (χ1n) is 14.0. The predicted octanol–water partition coefficient (Wildman–Crippen LogP) is 5.14. The van der Waals surface area contributed by atoms with Crippen molar-refractivity contribution in [3.05, 3.63) is 71.8 Å². The molecule has 0 unspecified atom stereocenters. The number of hydrogen-bond donors (Lipinski definition) is 1. The van der Waals surface area contributed by atoms with Crippen LogP contribution in [0.2, 0.25) is 0 Å². The Bertz CT molecular complexity index is 1120. The molecule has 220 valence electrons. The lowest BCUT2D eigenvalue weighted by Gasteiger charge is -2.25. The van der Waals surface area contributed by atoms with Crippen LogP contribution in [0.1, 0.15) is 62.3 Å². The maximum absolute atomic E-state index is 13.4. The molecule has 2 heterocycles. The van der Waals surface area contributed by atoms with Crippen LogP contribution in [0.15, 0.2) is 49.1 Å². The fourth-order valence-electron chi connectivity index (χ4n) is 4.78. The van der Waals surface area contributed by atoms with Crippen molar-refractivity contribution in [2.75, 3.05) is 26.2 Å². The zero-order valence-electron chi connectivity index (χ0n) is 23.8. The molecule has 1 amide bonds. The van der Waals surface area contributed by atoms with Gasteiger partial charge in [-0.1, -0.05) is 38.1 Å². The Hall–Kier alpha value is -3.18. The highest BCUT2D eigenvalue weighted by Crippen LogP contribution is 2.21. The van der Waals surface area contributed by atoms with Gasteiger partial charge in [-0.25, -0.2) is 9.97 Å². The number of benzene rings is 1. The second kappa shape index (κ2) is 15.6. The van der Waals surface area contributed by atoms with E-state index in [4.69, 9.17) is 0 Å². The summed E-state index contributed by atoms with van der Waals surface area (Å²) in [6.07, 6.45) is 5.61. The minimum atomic E-state index is -4.90. The van der Waals surface area contributed by atoms with E-state index >= 15 is 0 Å². The van der Waals surface area contributed by atoms with Gasteiger partial charge in [-0.05, 0) is 56.4 Å². The van der Waals surface area contributed by atoms with Gasteiger partial charge in [-0.15, -0.1) is 0 Å². The number of aromatic nitrogens is 4. The number of nitrogens with zero attached hydrogens (tertiary/aromatic N) is 6. The Labute approximate surface area is 235 Å². The molecule has 0 radical (unpaired) electrons. The molecule has 0 saturated heterocycles. The molecule has 0 aliphatic rings. The molecule has 8 nitrogen and oxygen atoms in total. The van der Waals surface area contributed by atoms with Gasteiger partial charge in [-0.2, -0.15) is 13.2 Å². The first-order chi connectivity index (χ1) is 19.2. The lowest BCUT2D eigenvalue weighted by Crippen LogP contribution is -2.41. The molecule has 0 saturated carbocycles. The third-order valence-corrected chi connectivity index (χ3v) is 6.78. The molecule has 11 heteroatoms. The molecule has 0 aliphatic heterocycles.